The molecule has 0 aromatic heterocycles. The van der Waals surface area contributed by atoms with Crippen LogP contribution in [0.15, 0.2) is 0 Å². The number of unbranched alkanes of at least 4 members (excludes halogenated alkanes) is 7. The molecule has 2 heteroatoms. The van der Waals surface area contributed by atoms with E-state index in [2.05, 4.69) is 0 Å². The molecule has 0 fully saturated rings. The quantitative estimate of drug-likeness (QED) is 0.443. The van der Waals surface area contributed by atoms with Crippen LogP contribution >= 0.6 is 12.2 Å². The van der Waals surface area contributed by atoms with E-state index in [-0.39, 0.29) is 0 Å². The molecule has 0 spiro atoms. The van der Waals surface area contributed by atoms with Crippen molar-refractivity contribution in [2.45, 2.75) is 51.4 Å². The first-order chi connectivity index (χ1) is 5.91. The number of thiocarbonyl (C=S) groups is 1. The number of hydrogen-bond donors (Lipinski definition) is 1. The Labute approximate surface area is 81.7 Å². The topological polar surface area (TPSA) is 26.0 Å². The van der Waals surface area contributed by atoms with Gasteiger partial charge in [-0.2, -0.15) is 0 Å². The van der Waals surface area contributed by atoms with Crippen LogP contribution in [-0.2, 0) is 0 Å². The summed E-state index contributed by atoms with van der Waals surface area (Å²) >= 11 is 4.75. The maximum atomic E-state index is 5.39. The lowest BCUT2D eigenvalue weighted by atomic mass is 10.1. The van der Waals surface area contributed by atoms with Crippen molar-refractivity contribution in [2.75, 3.05) is 6.54 Å². The van der Waals surface area contributed by atoms with Crippen molar-refractivity contribution in [1.29, 1.82) is 0 Å². The van der Waals surface area contributed by atoms with Gasteiger partial charge in [0.15, 0.2) is 0 Å². The van der Waals surface area contributed by atoms with Crippen LogP contribution in [0.1, 0.15) is 51.4 Å². The summed E-state index contributed by atoms with van der Waals surface area (Å²) in [5, 5.41) is 1.84. The SMILES string of the molecule is NCCCCCCCCCC=S. The van der Waals surface area contributed by atoms with Crippen LogP contribution in [0, 0.1) is 0 Å². The molecule has 12 heavy (non-hydrogen) atoms. The highest BCUT2D eigenvalue weighted by Crippen LogP contribution is 2.07. The zero-order chi connectivity index (χ0) is 9.07. The minimum Gasteiger partial charge on any atom is -0.330 e. The fourth-order valence-corrected chi connectivity index (χ4v) is 1.42. The highest BCUT2D eigenvalue weighted by molar-refractivity contribution is 7.78. The van der Waals surface area contributed by atoms with Crippen LogP contribution in [-0.4, -0.2) is 11.9 Å². The van der Waals surface area contributed by atoms with Gasteiger partial charge < -0.3 is 5.73 Å². The zero-order valence-electron chi connectivity index (χ0n) is 7.93. The molecular weight excluding hydrogens is 166 g/mol. The molecule has 0 aliphatic rings. The molecule has 0 rings (SSSR count). The lowest BCUT2D eigenvalue weighted by Gasteiger charge is -1.99. The smallest absolute Gasteiger partial charge is 0.00773 e. The minimum atomic E-state index is 0.852. The molecule has 72 valence electrons. The first-order valence-electron chi connectivity index (χ1n) is 5.05. The highest BCUT2D eigenvalue weighted by Gasteiger charge is 1.89. The maximum Gasteiger partial charge on any atom is -0.00773 e. The summed E-state index contributed by atoms with van der Waals surface area (Å²) in [7, 11) is 0. The molecule has 0 saturated carbocycles. The van der Waals surface area contributed by atoms with E-state index in [9.17, 15) is 0 Å². The summed E-state index contributed by atoms with van der Waals surface area (Å²) in [6.07, 6.45) is 10.3. The van der Waals surface area contributed by atoms with Crippen molar-refractivity contribution in [3.8, 4) is 0 Å². The van der Waals surface area contributed by atoms with Gasteiger partial charge in [-0.25, -0.2) is 0 Å². The van der Waals surface area contributed by atoms with E-state index < -0.39 is 0 Å². The largest absolute Gasteiger partial charge is 0.330 e. The summed E-state index contributed by atoms with van der Waals surface area (Å²) in [5.74, 6) is 0. The normalized spacial score (nSPS) is 10.1. The molecule has 0 aromatic rings. The van der Waals surface area contributed by atoms with Crippen molar-refractivity contribution < 1.29 is 0 Å². The maximum absolute atomic E-state index is 5.39. The molecule has 0 aliphatic heterocycles. The molecule has 0 aromatic carbocycles. The molecule has 0 radical (unpaired) electrons. The van der Waals surface area contributed by atoms with E-state index in [1.54, 1.807) is 0 Å². The number of rotatable bonds is 9. The molecule has 0 saturated heterocycles. The van der Waals surface area contributed by atoms with Crippen molar-refractivity contribution in [2.24, 2.45) is 5.73 Å². The van der Waals surface area contributed by atoms with Gasteiger partial charge in [0.05, 0.1) is 0 Å². The van der Waals surface area contributed by atoms with Gasteiger partial charge in [-0.3, -0.25) is 0 Å². The highest BCUT2D eigenvalue weighted by atomic mass is 32.1. The Morgan fingerprint density at radius 2 is 1.33 bits per heavy atom. The van der Waals surface area contributed by atoms with Crippen LogP contribution in [0.5, 0.6) is 0 Å². The Hall–Kier alpha value is 0.0500. The average molecular weight is 187 g/mol. The number of nitrogens with two attached hydrogens (primary N) is 1. The van der Waals surface area contributed by atoms with Crippen molar-refractivity contribution in [1.82, 2.24) is 0 Å². The summed E-state index contributed by atoms with van der Waals surface area (Å²) in [5.41, 5.74) is 5.39. The lowest BCUT2D eigenvalue weighted by Crippen LogP contribution is -1.97. The van der Waals surface area contributed by atoms with Crippen LogP contribution in [0.3, 0.4) is 0 Å². The molecular formula is C10H21NS. The van der Waals surface area contributed by atoms with E-state index in [1.165, 1.54) is 44.9 Å². The third-order valence-electron chi connectivity index (χ3n) is 2.03. The van der Waals surface area contributed by atoms with Gasteiger partial charge in [0.2, 0.25) is 0 Å². The van der Waals surface area contributed by atoms with Crippen LogP contribution in [0.2, 0.25) is 0 Å². The fraction of sp³-hybridized carbons (Fsp3) is 0.900. The van der Waals surface area contributed by atoms with Gasteiger partial charge in [-0.15, -0.1) is 0 Å². The minimum absolute atomic E-state index is 0.852. The van der Waals surface area contributed by atoms with Crippen LogP contribution in [0.25, 0.3) is 0 Å². The molecule has 0 atom stereocenters. The average Bonchev–Trinajstić information content (AvgIpc) is 2.10. The Morgan fingerprint density at radius 3 is 1.83 bits per heavy atom. The standard InChI is InChI=1S/C10H21NS/c11-9-7-5-3-1-2-4-6-8-10-12/h10H,1-9,11H2. The van der Waals surface area contributed by atoms with E-state index in [1.807, 2.05) is 5.37 Å². The van der Waals surface area contributed by atoms with Crippen LogP contribution in [0.4, 0.5) is 0 Å². The van der Waals surface area contributed by atoms with Gasteiger partial charge >= 0.3 is 0 Å². The monoisotopic (exact) mass is 187 g/mol. The third-order valence-corrected chi connectivity index (χ3v) is 2.26. The van der Waals surface area contributed by atoms with E-state index in [4.69, 9.17) is 18.0 Å². The first-order valence-corrected chi connectivity index (χ1v) is 5.52. The van der Waals surface area contributed by atoms with E-state index >= 15 is 0 Å². The fourth-order valence-electron chi connectivity index (χ4n) is 1.26. The molecule has 0 aliphatic carbocycles. The Morgan fingerprint density at radius 1 is 0.833 bits per heavy atom. The van der Waals surface area contributed by atoms with Gasteiger partial charge in [-0.1, -0.05) is 44.3 Å². The number of hydrogen-bond acceptors (Lipinski definition) is 2. The van der Waals surface area contributed by atoms with Gasteiger partial charge in [0.25, 0.3) is 0 Å². The molecule has 0 unspecified atom stereocenters. The van der Waals surface area contributed by atoms with Crippen molar-refractivity contribution in [3.63, 3.8) is 0 Å². The molecule has 0 bridgehead atoms. The Kier molecular flexibility index (Phi) is 11.1. The Balaban J connectivity index is 2.77. The van der Waals surface area contributed by atoms with E-state index in [0.717, 1.165) is 13.0 Å². The van der Waals surface area contributed by atoms with Gasteiger partial charge in [-0.05, 0) is 31.2 Å². The Bertz CT molecular complexity index is 93.8. The van der Waals surface area contributed by atoms with E-state index in [0.29, 0.717) is 0 Å². The zero-order valence-corrected chi connectivity index (χ0v) is 8.74. The summed E-state index contributed by atoms with van der Waals surface area (Å²) in [6, 6.07) is 0. The summed E-state index contributed by atoms with van der Waals surface area (Å²) < 4.78 is 0. The predicted molar refractivity (Wildman–Crippen MR) is 59.6 cm³/mol. The molecule has 0 heterocycles. The van der Waals surface area contributed by atoms with Crippen LogP contribution < -0.4 is 5.73 Å². The lowest BCUT2D eigenvalue weighted by molar-refractivity contribution is 0.588. The summed E-state index contributed by atoms with van der Waals surface area (Å²) in [4.78, 5) is 0. The second-order valence-corrected chi connectivity index (χ2v) is 3.55. The summed E-state index contributed by atoms with van der Waals surface area (Å²) in [6.45, 7) is 0.852. The predicted octanol–water partition coefficient (Wildman–Crippen LogP) is 3.07. The molecule has 1 nitrogen and oxygen atoms in total. The van der Waals surface area contributed by atoms with Crippen molar-refractivity contribution >= 4 is 17.6 Å². The first kappa shape index (κ1) is 12.0. The second kappa shape index (κ2) is 11.1. The third kappa shape index (κ3) is 10.0. The van der Waals surface area contributed by atoms with Crippen molar-refractivity contribution in [3.05, 3.63) is 0 Å². The molecule has 0 amide bonds. The van der Waals surface area contributed by atoms with Gasteiger partial charge in [0.1, 0.15) is 0 Å². The van der Waals surface area contributed by atoms with Gasteiger partial charge in [0, 0.05) is 0 Å². The molecule has 2 N–H and O–H groups in total. The second-order valence-electron chi connectivity index (χ2n) is 3.22.